The van der Waals surface area contributed by atoms with Gasteiger partial charge in [-0.05, 0) is 34.5 Å². The van der Waals surface area contributed by atoms with E-state index in [0.717, 1.165) is 4.90 Å². The van der Waals surface area contributed by atoms with Crippen molar-refractivity contribution in [3.63, 3.8) is 0 Å². The molecule has 0 atom stereocenters. The van der Waals surface area contributed by atoms with Gasteiger partial charge in [0, 0.05) is 15.3 Å². The van der Waals surface area contributed by atoms with Gasteiger partial charge in [0.2, 0.25) is 0 Å². The summed E-state index contributed by atoms with van der Waals surface area (Å²) < 4.78 is 14.8. The van der Waals surface area contributed by atoms with Crippen LogP contribution in [0.2, 0.25) is 0 Å². The van der Waals surface area contributed by atoms with E-state index in [2.05, 4.69) is 6.07 Å². The van der Waals surface area contributed by atoms with Gasteiger partial charge >= 0.3 is 5.97 Å². The second kappa shape index (κ2) is 5.87. The van der Waals surface area contributed by atoms with Crippen LogP contribution in [0.15, 0.2) is 52.7 Å². The summed E-state index contributed by atoms with van der Waals surface area (Å²) in [5.74, 6) is -1.48. The number of halogens is 1. The maximum atomic E-state index is 13.6. The fourth-order valence-electron chi connectivity index (χ4n) is 2.16. The molecule has 1 N–H and O–H groups in total. The SMILES string of the molecule is O=C(O)c1c(F)cccc1CSc1cccc2ccsc12. The molecule has 1 aromatic heterocycles. The molecule has 0 aliphatic rings. The van der Waals surface area contributed by atoms with Gasteiger partial charge < -0.3 is 5.11 Å². The Morgan fingerprint density at radius 1 is 1.19 bits per heavy atom. The molecule has 106 valence electrons. The van der Waals surface area contributed by atoms with Crippen molar-refractivity contribution in [1.82, 2.24) is 0 Å². The first-order valence-electron chi connectivity index (χ1n) is 6.26. The molecule has 3 rings (SSSR count). The lowest BCUT2D eigenvalue weighted by atomic mass is 10.1. The maximum Gasteiger partial charge on any atom is 0.338 e. The lowest BCUT2D eigenvalue weighted by molar-refractivity contribution is 0.0691. The zero-order chi connectivity index (χ0) is 14.8. The van der Waals surface area contributed by atoms with E-state index in [-0.39, 0.29) is 5.56 Å². The zero-order valence-corrected chi connectivity index (χ0v) is 12.5. The van der Waals surface area contributed by atoms with Crippen molar-refractivity contribution in [2.24, 2.45) is 0 Å². The molecule has 0 bridgehead atoms. The van der Waals surface area contributed by atoms with Gasteiger partial charge in [0.15, 0.2) is 0 Å². The second-order valence-corrected chi connectivity index (χ2v) is 6.40. The largest absolute Gasteiger partial charge is 0.478 e. The molecule has 0 fully saturated rings. The maximum absolute atomic E-state index is 13.6. The first kappa shape index (κ1) is 14.1. The number of hydrogen-bond acceptors (Lipinski definition) is 3. The molecular formula is C16H11FO2S2. The average Bonchev–Trinajstić information content (AvgIpc) is 2.93. The van der Waals surface area contributed by atoms with Crippen molar-refractivity contribution in [3.8, 4) is 0 Å². The topological polar surface area (TPSA) is 37.3 Å². The molecule has 21 heavy (non-hydrogen) atoms. The van der Waals surface area contributed by atoms with Crippen LogP contribution in [-0.4, -0.2) is 11.1 Å². The number of thioether (sulfide) groups is 1. The van der Waals surface area contributed by atoms with E-state index in [4.69, 9.17) is 5.11 Å². The van der Waals surface area contributed by atoms with E-state index in [1.54, 1.807) is 23.5 Å². The summed E-state index contributed by atoms with van der Waals surface area (Å²) in [6.45, 7) is 0. The molecule has 3 aromatic rings. The molecule has 0 aliphatic heterocycles. The molecule has 0 saturated heterocycles. The minimum absolute atomic E-state index is 0.233. The Morgan fingerprint density at radius 2 is 2.00 bits per heavy atom. The summed E-state index contributed by atoms with van der Waals surface area (Å²) >= 11 is 3.18. The predicted molar refractivity (Wildman–Crippen MR) is 84.7 cm³/mol. The lowest BCUT2D eigenvalue weighted by Crippen LogP contribution is -2.05. The van der Waals surface area contributed by atoms with Crippen molar-refractivity contribution in [2.45, 2.75) is 10.6 Å². The van der Waals surface area contributed by atoms with Crippen molar-refractivity contribution in [3.05, 3.63) is 64.8 Å². The fraction of sp³-hybridized carbons (Fsp3) is 0.0625. The highest BCUT2D eigenvalue weighted by Gasteiger charge is 2.15. The molecule has 0 aliphatic carbocycles. The summed E-state index contributed by atoms with van der Waals surface area (Å²) in [5, 5.41) is 12.3. The van der Waals surface area contributed by atoms with Crippen LogP contribution in [0.1, 0.15) is 15.9 Å². The number of hydrogen-bond donors (Lipinski definition) is 1. The van der Waals surface area contributed by atoms with Gasteiger partial charge in [0.25, 0.3) is 0 Å². The summed E-state index contributed by atoms with van der Waals surface area (Å²) in [6.07, 6.45) is 0. The Labute approximate surface area is 129 Å². The summed E-state index contributed by atoms with van der Waals surface area (Å²) in [7, 11) is 0. The molecule has 0 radical (unpaired) electrons. The number of benzene rings is 2. The first-order chi connectivity index (χ1) is 10.2. The molecule has 2 aromatic carbocycles. The molecule has 5 heteroatoms. The number of rotatable bonds is 4. The molecule has 2 nitrogen and oxygen atoms in total. The lowest BCUT2D eigenvalue weighted by Gasteiger charge is -2.07. The van der Waals surface area contributed by atoms with Gasteiger partial charge in [-0.25, -0.2) is 9.18 Å². The monoisotopic (exact) mass is 318 g/mol. The summed E-state index contributed by atoms with van der Waals surface area (Å²) in [4.78, 5) is 12.3. The Bertz CT molecular complexity index is 811. The molecule has 0 unspecified atom stereocenters. The zero-order valence-electron chi connectivity index (χ0n) is 10.9. The fourth-order valence-corrected chi connectivity index (χ4v) is 4.27. The third kappa shape index (κ3) is 2.80. The van der Waals surface area contributed by atoms with Gasteiger partial charge in [0.05, 0.1) is 5.56 Å². The Kier molecular flexibility index (Phi) is 3.94. The number of thiophene rings is 1. The number of carbonyl (C=O) groups is 1. The van der Waals surface area contributed by atoms with Crippen LogP contribution >= 0.6 is 23.1 Å². The van der Waals surface area contributed by atoms with Gasteiger partial charge in [-0.2, -0.15) is 0 Å². The minimum Gasteiger partial charge on any atom is -0.478 e. The van der Waals surface area contributed by atoms with Crippen molar-refractivity contribution < 1.29 is 14.3 Å². The molecule has 0 amide bonds. The Balaban J connectivity index is 1.90. The van der Waals surface area contributed by atoms with Crippen LogP contribution in [-0.2, 0) is 5.75 Å². The van der Waals surface area contributed by atoms with Crippen molar-refractivity contribution in [1.29, 1.82) is 0 Å². The minimum atomic E-state index is -1.22. The van der Waals surface area contributed by atoms with E-state index < -0.39 is 11.8 Å². The van der Waals surface area contributed by atoms with Crippen LogP contribution in [0.5, 0.6) is 0 Å². The van der Waals surface area contributed by atoms with E-state index in [1.807, 2.05) is 23.6 Å². The van der Waals surface area contributed by atoms with E-state index in [1.165, 1.54) is 27.9 Å². The van der Waals surface area contributed by atoms with Gasteiger partial charge in [0.1, 0.15) is 5.82 Å². The first-order valence-corrected chi connectivity index (χ1v) is 8.13. The number of fused-ring (bicyclic) bond motifs is 1. The van der Waals surface area contributed by atoms with E-state index in [9.17, 15) is 9.18 Å². The molecule has 0 spiro atoms. The Hall–Kier alpha value is -1.85. The summed E-state index contributed by atoms with van der Waals surface area (Å²) in [6, 6.07) is 12.5. The molecule has 0 saturated carbocycles. The summed E-state index contributed by atoms with van der Waals surface area (Å²) in [5.41, 5.74) is 0.268. The van der Waals surface area contributed by atoms with Crippen LogP contribution in [0.3, 0.4) is 0 Å². The predicted octanol–water partition coefficient (Wildman–Crippen LogP) is 5.03. The van der Waals surface area contributed by atoms with Crippen molar-refractivity contribution >= 4 is 39.2 Å². The smallest absolute Gasteiger partial charge is 0.338 e. The van der Waals surface area contributed by atoms with E-state index in [0.29, 0.717) is 11.3 Å². The number of carboxylic acid groups (broad SMARTS) is 1. The van der Waals surface area contributed by atoms with Crippen molar-refractivity contribution in [2.75, 3.05) is 0 Å². The molecular weight excluding hydrogens is 307 g/mol. The average molecular weight is 318 g/mol. The van der Waals surface area contributed by atoms with Crippen LogP contribution in [0.4, 0.5) is 4.39 Å². The van der Waals surface area contributed by atoms with Crippen LogP contribution < -0.4 is 0 Å². The van der Waals surface area contributed by atoms with Crippen LogP contribution in [0.25, 0.3) is 10.1 Å². The quantitative estimate of drug-likeness (QED) is 0.685. The van der Waals surface area contributed by atoms with Crippen LogP contribution in [0, 0.1) is 5.82 Å². The highest BCUT2D eigenvalue weighted by atomic mass is 32.2. The highest BCUT2D eigenvalue weighted by molar-refractivity contribution is 7.98. The van der Waals surface area contributed by atoms with E-state index >= 15 is 0 Å². The highest BCUT2D eigenvalue weighted by Crippen LogP contribution is 2.34. The number of aromatic carboxylic acids is 1. The normalized spacial score (nSPS) is 10.9. The van der Waals surface area contributed by atoms with Gasteiger partial charge in [-0.15, -0.1) is 23.1 Å². The third-order valence-electron chi connectivity index (χ3n) is 3.14. The second-order valence-electron chi connectivity index (χ2n) is 4.46. The van der Waals surface area contributed by atoms with Gasteiger partial charge in [-0.1, -0.05) is 24.3 Å². The third-order valence-corrected chi connectivity index (χ3v) is 5.34. The molecule has 1 heterocycles. The Morgan fingerprint density at radius 3 is 2.81 bits per heavy atom. The standard InChI is InChI=1S/C16H11FO2S2/c17-12-5-1-4-11(14(12)16(18)19)9-21-13-6-2-3-10-7-8-20-15(10)13/h1-8H,9H2,(H,18,19). The van der Waals surface area contributed by atoms with Gasteiger partial charge in [-0.3, -0.25) is 0 Å². The number of carboxylic acids is 1.